The van der Waals surface area contributed by atoms with Gasteiger partial charge in [0.05, 0.1) is 5.39 Å². The van der Waals surface area contributed by atoms with Gasteiger partial charge in [-0.2, -0.15) is 0 Å². The van der Waals surface area contributed by atoms with Gasteiger partial charge in [0.1, 0.15) is 22.4 Å². The topological polar surface area (TPSA) is 49.3 Å². The highest BCUT2D eigenvalue weighted by Gasteiger charge is 2.28. The van der Waals surface area contributed by atoms with E-state index in [1.54, 1.807) is 0 Å². The van der Waals surface area contributed by atoms with Crippen LogP contribution in [0.5, 0.6) is 0 Å². The first-order valence-corrected chi connectivity index (χ1v) is 11.4. The minimum atomic E-state index is 0.0257. The molecule has 1 aliphatic carbocycles. The lowest BCUT2D eigenvalue weighted by Gasteiger charge is -2.35. The smallest absolute Gasteiger partial charge is 0.237 e. The molecule has 2 aliphatic rings. The third kappa shape index (κ3) is 3.66. The first kappa shape index (κ1) is 18.9. The number of halogens is 1. The fourth-order valence-corrected chi connectivity index (χ4v) is 5.75. The van der Waals surface area contributed by atoms with Crippen LogP contribution < -0.4 is 4.90 Å². The first-order chi connectivity index (χ1) is 13.1. The van der Waals surface area contributed by atoms with Crippen molar-refractivity contribution in [2.75, 3.05) is 37.0 Å². The summed E-state index contributed by atoms with van der Waals surface area (Å²) in [7, 11) is 0. The van der Waals surface area contributed by atoms with Crippen LogP contribution in [0.25, 0.3) is 10.2 Å². The molecule has 0 bridgehead atoms. The molecule has 2 aromatic heterocycles. The number of aryl methyl sites for hydroxylation is 2. The Morgan fingerprint density at radius 3 is 2.74 bits per heavy atom. The lowest BCUT2D eigenvalue weighted by atomic mass is 9.89. The average molecular weight is 407 g/mol. The number of aromatic nitrogens is 2. The summed E-state index contributed by atoms with van der Waals surface area (Å²) >= 11 is 7.60. The molecule has 1 atom stereocenters. The number of alkyl halides is 1. The molecule has 0 unspecified atom stereocenters. The highest BCUT2D eigenvalue weighted by molar-refractivity contribution is 7.19. The quantitative estimate of drug-likeness (QED) is 0.727. The summed E-state index contributed by atoms with van der Waals surface area (Å²) in [4.78, 5) is 28.7. The van der Waals surface area contributed by atoms with Crippen LogP contribution in [0.15, 0.2) is 0 Å². The van der Waals surface area contributed by atoms with Gasteiger partial charge in [-0.05, 0) is 37.2 Å². The first-order valence-electron chi connectivity index (χ1n) is 10.0. The number of rotatable bonds is 4. The maximum absolute atomic E-state index is 11.9. The molecule has 27 heavy (non-hydrogen) atoms. The summed E-state index contributed by atoms with van der Waals surface area (Å²) < 4.78 is 0. The number of fused-ring (bicyclic) bond motifs is 3. The molecule has 146 valence electrons. The van der Waals surface area contributed by atoms with Crippen LogP contribution >= 0.6 is 22.9 Å². The van der Waals surface area contributed by atoms with E-state index in [-0.39, 0.29) is 11.8 Å². The third-order valence-corrected chi connectivity index (χ3v) is 7.08. The maximum Gasteiger partial charge on any atom is 0.237 e. The van der Waals surface area contributed by atoms with Gasteiger partial charge in [-0.15, -0.1) is 22.9 Å². The van der Waals surface area contributed by atoms with E-state index in [9.17, 15) is 4.79 Å². The Hall–Kier alpha value is -1.40. The Morgan fingerprint density at radius 2 is 2.04 bits per heavy atom. The van der Waals surface area contributed by atoms with Gasteiger partial charge in [0.15, 0.2) is 0 Å². The molecule has 3 heterocycles. The van der Waals surface area contributed by atoms with E-state index in [1.807, 2.05) is 16.2 Å². The number of carbonyl (C=O) groups excluding carboxylic acids is 1. The molecule has 1 aliphatic heterocycles. The Labute approximate surface area is 169 Å². The normalized spacial score (nSPS) is 20.2. The molecule has 1 fully saturated rings. The fraction of sp³-hybridized carbons (Fsp3) is 0.650. The molecule has 0 spiro atoms. The van der Waals surface area contributed by atoms with Crippen molar-refractivity contribution in [3.63, 3.8) is 0 Å². The van der Waals surface area contributed by atoms with Crippen molar-refractivity contribution in [1.82, 2.24) is 14.9 Å². The number of carbonyl (C=O) groups is 1. The Morgan fingerprint density at radius 1 is 1.26 bits per heavy atom. The summed E-state index contributed by atoms with van der Waals surface area (Å²) in [6, 6.07) is 0. The predicted molar refractivity (Wildman–Crippen MR) is 112 cm³/mol. The summed E-state index contributed by atoms with van der Waals surface area (Å²) in [5.41, 5.74) is 1.48. The average Bonchev–Trinajstić information content (AvgIpc) is 3.04. The van der Waals surface area contributed by atoms with Gasteiger partial charge in [0.2, 0.25) is 5.91 Å². The summed E-state index contributed by atoms with van der Waals surface area (Å²) in [5, 5.41) is 1.28. The van der Waals surface area contributed by atoms with Gasteiger partial charge in [-0.25, -0.2) is 9.97 Å². The van der Waals surface area contributed by atoms with Crippen molar-refractivity contribution in [2.24, 2.45) is 5.92 Å². The fourth-order valence-electron chi connectivity index (χ4n) is 4.18. The number of hydrogen-bond acceptors (Lipinski definition) is 5. The van der Waals surface area contributed by atoms with Crippen LogP contribution in [0.4, 0.5) is 5.82 Å². The van der Waals surface area contributed by atoms with Crippen LogP contribution in [0, 0.1) is 5.92 Å². The lowest BCUT2D eigenvalue weighted by Crippen LogP contribution is -2.49. The van der Waals surface area contributed by atoms with Gasteiger partial charge in [0.25, 0.3) is 0 Å². The zero-order valence-corrected chi connectivity index (χ0v) is 17.7. The predicted octanol–water partition coefficient (Wildman–Crippen LogP) is 3.66. The number of hydrogen-bond donors (Lipinski definition) is 0. The van der Waals surface area contributed by atoms with Gasteiger partial charge in [-0.3, -0.25) is 4.79 Å². The van der Waals surface area contributed by atoms with Crippen molar-refractivity contribution in [3.05, 3.63) is 16.3 Å². The molecule has 1 saturated heterocycles. The van der Waals surface area contributed by atoms with Crippen molar-refractivity contribution in [2.45, 2.75) is 46.0 Å². The molecule has 1 amide bonds. The monoisotopic (exact) mass is 406 g/mol. The highest BCUT2D eigenvalue weighted by Crippen LogP contribution is 2.41. The maximum atomic E-state index is 11.9. The van der Waals surface area contributed by atoms with Gasteiger partial charge in [0, 0.05) is 37.5 Å². The highest BCUT2D eigenvalue weighted by atomic mass is 35.5. The van der Waals surface area contributed by atoms with E-state index >= 15 is 0 Å². The molecule has 0 radical (unpaired) electrons. The minimum Gasteiger partial charge on any atom is -0.352 e. The molecule has 0 N–H and O–H groups in total. The van der Waals surface area contributed by atoms with Crippen molar-refractivity contribution in [1.29, 1.82) is 0 Å². The van der Waals surface area contributed by atoms with Gasteiger partial charge >= 0.3 is 0 Å². The van der Waals surface area contributed by atoms with Gasteiger partial charge in [-0.1, -0.05) is 13.8 Å². The molecule has 0 saturated carbocycles. The second-order valence-corrected chi connectivity index (χ2v) is 9.10. The van der Waals surface area contributed by atoms with Crippen LogP contribution in [0.2, 0.25) is 0 Å². The Kier molecular flexibility index (Phi) is 5.55. The largest absolute Gasteiger partial charge is 0.352 e. The molecule has 2 aromatic rings. The van der Waals surface area contributed by atoms with Crippen LogP contribution in [-0.4, -0.2) is 52.8 Å². The molecule has 4 rings (SSSR count). The van der Waals surface area contributed by atoms with E-state index < -0.39 is 0 Å². The number of amides is 1. The zero-order chi connectivity index (χ0) is 19.0. The molecule has 0 aromatic carbocycles. The Balaban J connectivity index is 1.71. The summed E-state index contributed by atoms with van der Waals surface area (Å²) in [5.74, 6) is 2.88. The van der Waals surface area contributed by atoms with E-state index in [1.165, 1.54) is 22.2 Å². The van der Waals surface area contributed by atoms with Crippen molar-refractivity contribution >= 4 is 44.9 Å². The van der Waals surface area contributed by atoms with E-state index in [4.69, 9.17) is 21.6 Å². The van der Waals surface area contributed by atoms with Crippen LogP contribution in [0.3, 0.4) is 0 Å². The van der Waals surface area contributed by atoms with E-state index in [2.05, 4.69) is 18.7 Å². The van der Waals surface area contributed by atoms with E-state index in [0.717, 1.165) is 61.2 Å². The minimum absolute atomic E-state index is 0.0257. The van der Waals surface area contributed by atoms with E-state index in [0.29, 0.717) is 13.1 Å². The number of piperazine rings is 1. The molecular formula is C20H27ClN4OS. The Bertz CT molecular complexity index is 844. The SMILES string of the molecule is CCCc1nc(N2CCN(C(=O)CCl)CC2)c2c3c(sc2n1)C[C@@H](C)CC3. The third-order valence-electron chi connectivity index (χ3n) is 5.70. The van der Waals surface area contributed by atoms with Crippen LogP contribution in [-0.2, 0) is 24.1 Å². The number of anilines is 1. The van der Waals surface area contributed by atoms with Crippen molar-refractivity contribution in [3.8, 4) is 0 Å². The van der Waals surface area contributed by atoms with Crippen molar-refractivity contribution < 1.29 is 4.79 Å². The number of thiophene rings is 1. The second-order valence-electron chi connectivity index (χ2n) is 7.75. The number of nitrogens with zero attached hydrogens (tertiary/aromatic N) is 4. The lowest BCUT2D eigenvalue weighted by molar-refractivity contribution is -0.128. The molecule has 7 heteroatoms. The molecule has 5 nitrogen and oxygen atoms in total. The van der Waals surface area contributed by atoms with Gasteiger partial charge < -0.3 is 9.80 Å². The zero-order valence-electron chi connectivity index (χ0n) is 16.1. The summed E-state index contributed by atoms with van der Waals surface area (Å²) in [6.07, 6.45) is 5.49. The molecular weight excluding hydrogens is 380 g/mol. The van der Waals surface area contributed by atoms with Crippen LogP contribution in [0.1, 0.15) is 43.0 Å². The summed E-state index contributed by atoms with van der Waals surface area (Å²) in [6.45, 7) is 7.55. The standard InChI is InChI=1S/C20H27ClN4OS/c1-3-4-16-22-19(25-9-7-24(8-10-25)17(26)12-21)18-14-6-5-13(2)11-15(14)27-20(18)23-16/h13H,3-12H2,1-2H3/t13-/m0/s1. The second kappa shape index (κ2) is 7.92.